The van der Waals surface area contributed by atoms with Crippen LogP contribution in [0.25, 0.3) is 11.1 Å². The van der Waals surface area contributed by atoms with Crippen molar-refractivity contribution < 1.29 is 18.7 Å². The smallest absolute Gasteiger partial charge is 0.260 e. The van der Waals surface area contributed by atoms with Crippen molar-refractivity contribution in [2.24, 2.45) is 0 Å². The Morgan fingerprint density at radius 2 is 1.86 bits per heavy atom. The summed E-state index contributed by atoms with van der Waals surface area (Å²) in [6.45, 7) is 5.30. The van der Waals surface area contributed by atoms with E-state index < -0.39 is 11.4 Å². The Kier molecular flexibility index (Phi) is 4.07. The molecule has 2 aliphatic rings. The molecule has 4 rings (SSSR count). The predicted octanol–water partition coefficient (Wildman–Crippen LogP) is 4.34. The number of anilines is 2. The molecule has 0 spiro atoms. The highest BCUT2D eigenvalue weighted by Gasteiger charge is 2.37. The fraction of sp³-hybridized carbons (Fsp3) is 0.182. The average molecular weight is 378 g/mol. The maximum atomic E-state index is 13.5. The summed E-state index contributed by atoms with van der Waals surface area (Å²) in [7, 11) is 0. The second kappa shape index (κ2) is 6.34. The van der Waals surface area contributed by atoms with E-state index in [1.54, 1.807) is 6.07 Å². The molecule has 2 aromatic rings. The molecule has 6 heteroatoms. The van der Waals surface area contributed by atoms with Gasteiger partial charge in [0, 0.05) is 23.7 Å². The number of carbonyl (C=O) groups is 2. The van der Waals surface area contributed by atoms with Gasteiger partial charge in [-0.3, -0.25) is 9.59 Å². The first-order valence-corrected chi connectivity index (χ1v) is 8.89. The highest BCUT2D eigenvalue weighted by molar-refractivity contribution is 6.32. The summed E-state index contributed by atoms with van der Waals surface area (Å²) in [5.41, 5.74) is 3.35. The van der Waals surface area contributed by atoms with E-state index in [9.17, 15) is 14.0 Å². The van der Waals surface area contributed by atoms with E-state index in [2.05, 4.69) is 10.6 Å². The third-order valence-electron chi connectivity index (χ3n) is 4.78. The quantitative estimate of drug-likeness (QED) is 0.764. The second-order valence-corrected chi connectivity index (χ2v) is 7.31. The Morgan fingerprint density at radius 3 is 2.54 bits per heavy atom. The second-order valence-electron chi connectivity index (χ2n) is 7.31. The summed E-state index contributed by atoms with van der Waals surface area (Å²) in [5.74, 6) is -0.405. The molecule has 0 saturated heterocycles. The van der Waals surface area contributed by atoms with Crippen LogP contribution in [0.4, 0.5) is 15.8 Å². The normalized spacial score (nSPS) is 19.6. The number of nitrogens with one attached hydrogen (secondary N) is 2. The van der Waals surface area contributed by atoms with Crippen LogP contribution in [0.1, 0.15) is 31.9 Å². The first-order valence-electron chi connectivity index (χ1n) is 8.89. The molecule has 2 aromatic carbocycles. The zero-order valence-electron chi connectivity index (χ0n) is 15.7. The Labute approximate surface area is 161 Å². The lowest BCUT2D eigenvalue weighted by molar-refractivity contribution is -0.114. The van der Waals surface area contributed by atoms with Crippen molar-refractivity contribution in [2.45, 2.75) is 26.4 Å². The van der Waals surface area contributed by atoms with Gasteiger partial charge in [-0.05, 0) is 55.8 Å². The summed E-state index contributed by atoms with van der Waals surface area (Å²) >= 11 is 0. The fourth-order valence-electron chi connectivity index (χ4n) is 3.54. The van der Waals surface area contributed by atoms with Crippen LogP contribution in [-0.2, 0) is 14.3 Å². The number of hydrogen-bond acceptors (Lipinski definition) is 3. The van der Waals surface area contributed by atoms with E-state index in [0.29, 0.717) is 28.3 Å². The standard InChI is InChI=1S/C22H19FN2O3/c1-12(26)24-15-7-4-13(5-8-15)17-11-19(28-22(17,2)3)20-16-9-6-14(23)10-18(16)25-21(20)27/h4-11H,1-3H3,(H,24,26)(H,25,27)/b20-19+. The number of halogens is 1. The van der Waals surface area contributed by atoms with Gasteiger partial charge in [0.05, 0.1) is 11.3 Å². The molecule has 2 heterocycles. The Morgan fingerprint density at radius 1 is 1.14 bits per heavy atom. The van der Waals surface area contributed by atoms with Gasteiger partial charge in [0.1, 0.15) is 17.2 Å². The van der Waals surface area contributed by atoms with Gasteiger partial charge >= 0.3 is 0 Å². The van der Waals surface area contributed by atoms with E-state index >= 15 is 0 Å². The Hall–Kier alpha value is -3.41. The van der Waals surface area contributed by atoms with E-state index in [1.165, 1.54) is 19.1 Å². The zero-order valence-corrected chi connectivity index (χ0v) is 15.7. The molecule has 0 aliphatic carbocycles. The number of hydrogen-bond donors (Lipinski definition) is 2. The molecule has 0 radical (unpaired) electrons. The van der Waals surface area contributed by atoms with Crippen LogP contribution in [-0.4, -0.2) is 17.4 Å². The van der Waals surface area contributed by atoms with Crippen molar-refractivity contribution in [1.82, 2.24) is 0 Å². The van der Waals surface area contributed by atoms with Gasteiger partial charge in [-0.15, -0.1) is 0 Å². The van der Waals surface area contributed by atoms with Crippen LogP contribution in [0, 0.1) is 5.82 Å². The molecule has 0 saturated carbocycles. The van der Waals surface area contributed by atoms with E-state index in [0.717, 1.165) is 11.1 Å². The van der Waals surface area contributed by atoms with E-state index in [-0.39, 0.29) is 11.8 Å². The molecule has 28 heavy (non-hydrogen) atoms. The minimum Gasteiger partial charge on any atom is -0.482 e. The first kappa shape index (κ1) is 18.0. The highest BCUT2D eigenvalue weighted by atomic mass is 19.1. The molecule has 5 nitrogen and oxygen atoms in total. The van der Waals surface area contributed by atoms with Gasteiger partial charge in [-0.25, -0.2) is 4.39 Å². The SMILES string of the molecule is CC(=O)Nc1ccc(C2=C/C(=C3\C(=O)Nc4cc(F)ccc43)OC2(C)C)cc1. The lowest BCUT2D eigenvalue weighted by atomic mass is 9.92. The van der Waals surface area contributed by atoms with Gasteiger partial charge in [-0.2, -0.15) is 0 Å². The third kappa shape index (κ3) is 3.07. The number of fused-ring (bicyclic) bond motifs is 1. The molecule has 2 N–H and O–H groups in total. The third-order valence-corrected chi connectivity index (χ3v) is 4.78. The predicted molar refractivity (Wildman–Crippen MR) is 106 cm³/mol. The van der Waals surface area contributed by atoms with Gasteiger partial charge in [0.2, 0.25) is 5.91 Å². The van der Waals surface area contributed by atoms with Crippen LogP contribution in [0.3, 0.4) is 0 Å². The molecule has 0 atom stereocenters. The number of allylic oxidation sites excluding steroid dienone is 1. The monoisotopic (exact) mass is 378 g/mol. The van der Waals surface area contributed by atoms with Gasteiger partial charge < -0.3 is 15.4 Å². The first-order chi connectivity index (χ1) is 13.2. The molecule has 2 amide bonds. The maximum absolute atomic E-state index is 13.5. The summed E-state index contributed by atoms with van der Waals surface area (Å²) in [4.78, 5) is 23.7. The zero-order chi connectivity index (χ0) is 20.1. The van der Waals surface area contributed by atoms with Crippen LogP contribution in [0.15, 0.2) is 54.3 Å². The number of rotatable bonds is 2. The number of amides is 2. The topological polar surface area (TPSA) is 67.4 Å². The van der Waals surface area contributed by atoms with E-state index in [4.69, 9.17) is 4.74 Å². The number of benzene rings is 2. The minimum atomic E-state index is -0.652. The largest absolute Gasteiger partial charge is 0.482 e. The Balaban J connectivity index is 1.76. The van der Waals surface area contributed by atoms with Crippen molar-refractivity contribution >= 4 is 34.3 Å². The van der Waals surface area contributed by atoms with Crippen LogP contribution < -0.4 is 10.6 Å². The molecule has 0 fully saturated rings. The van der Waals surface area contributed by atoms with Crippen molar-refractivity contribution in [2.75, 3.05) is 10.6 Å². The summed E-state index contributed by atoms with van der Waals surface area (Å²) in [5, 5.41) is 5.42. The highest BCUT2D eigenvalue weighted by Crippen LogP contribution is 2.44. The van der Waals surface area contributed by atoms with Crippen molar-refractivity contribution in [3.05, 3.63) is 71.2 Å². The molecule has 142 valence electrons. The van der Waals surface area contributed by atoms with Crippen molar-refractivity contribution in [1.29, 1.82) is 0 Å². The molecular formula is C22H19FN2O3. The molecular weight excluding hydrogens is 359 g/mol. The minimum absolute atomic E-state index is 0.133. The van der Waals surface area contributed by atoms with Gasteiger partial charge in [0.25, 0.3) is 5.91 Å². The summed E-state index contributed by atoms with van der Waals surface area (Å²) in [6, 6.07) is 11.6. The van der Waals surface area contributed by atoms with Gasteiger partial charge in [-0.1, -0.05) is 12.1 Å². The number of carbonyl (C=O) groups excluding carboxylic acids is 2. The Bertz CT molecular complexity index is 1070. The molecule has 0 unspecified atom stereocenters. The summed E-state index contributed by atoms with van der Waals surface area (Å²) in [6.07, 6.45) is 1.85. The van der Waals surface area contributed by atoms with Crippen LogP contribution >= 0.6 is 0 Å². The van der Waals surface area contributed by atoms with Crippen LogP contribution in [0.5, 0.6) is 0 Å². The molecule has 0 bridgehead atoms. The number of ether oxygens (including phenoxy) is 1. The lowest BCUT2D eigenvalue weighted by Gasteiger charge is -2.23. The fourth-order valence-corrected chi connectivity index (χ4v) is 3.54. The average Bonchev–Trinajstić information content (AvgIpc) is 3.09. The van der Waals surface area contributed by atoms with Gasteiger partial charge in [0.15, 0.2) is 0 Å². The molecule has 0 aromatic heterocycles. The van der Waals surface area contributed by atoms with Crippen LogP contribution in [0.2, 0.25) is 0 Å². The van der Waals surface area contributed by atoms with E-state index in [1.807, 2.05) is 44.2 Å². The lowest BCUT2D eigenvalue weighted by Crippen LogP contribution is -2.21. The summed E-state index contributed by atoms with van der Waals surface area (Å²) < 4.78 is 19.6. The maximum Gasteiger partial charge on any atom is 0.260 e. The van der Waals surface area contributed by atoms with Crippen molar-refractivity contribution in [3.8, 4) is 0 Å². The molecule has 2 aliphatic heterocycles. The van der Waals surface area contributed by atoms with Crippen molar-refractivity contribution in [3.63, 3.8) is 0 Å².